The third kappa shape index (κ3) is 3.05. The zero-order valence-electron chi connectivity index (χ0n) is 12.0. The number of pyridine rings is 1. The van der Waals surface area contributed by atoms with Crippen molar-refractivity contribution in [2.75, 3.05) is 18.6 Å². The molecule has 1 fully saturated rings. The Labute approximate surface area is 124 Å². The van der Waals surface area contributed by atoms with E-state index in [4.69, 9.17) is 4.74 Å². The van der Waals surface area contributed by atoms with Crippen LogP contribution in [-0.2, 0) is 11.2 Å². The second-order valence-electron chi connectivity index (χ2n) is 5.32. The highest BCUT2D eigenvalue weighted by atomic mass is 16.5. The average Bonchev–Trinajstić information content (AvgIpc) is 2.89. The monoisotopic (exact) mass is 282 g/mol. The Bertz CT molecular complexity index is 610. The molecule has 4 nitrogen and oxygen atoms in total. The van der Waals surface area contributed by atoms with Gasteiger partial charge in [0.1, 0.15) is 0 Å². The number of aromatic nitrogens is 1. The number of carbonyl (C=O) groups excluding carboxylic acids is 1. The van der Waals surface area contributed by atoms with Crippen LogP contribution in [0.4, 0.5) is 5.69 Å². The average molecular weight is 282 g/mol. The molecule has 1 aromatic carbocycles. The summed E-state index contributed by atoms with van der Waals surface area (Å²) in [5.74, 6) is 1.16. The summed E-state index contributed by atoms with van der Waals surface area (Å²) in [6, 6.07) is 13.7. The first-order chi connectivity index (χ1) is 10.3. The molecule has 0 bridgehead atoms. The fourth-order valence-corrected chi connectivity index (χ4v) is 2.76. The predicted octanol–water partition coefficient (Wildman–Crippen LogP) is 2.69. The minimum Gasteiger partial charge on any atom is -0.481 e. The van der Waals surface area contributed by atoms with E-state index in [1.54, 1.807) is 7.11 Å². The van der Waals surface area contributed by atoms with Gasteiger partial charge >= 0.3 is 0 Å². The molecule has 2 aromatic rings. The van der Waals surface area contributed by atoms with Gasteiger partial charge < -0.3 is 9.64 Å². The van der Waals surface area contributed by atoms with Gasteiger partial charge in [0.05, 0.1) is 7.11 Å². The maximum absolute atomic E-state index is 12.2. The first-order valence-corrected chi connectivity index (χ1v) is 7.10. The van der Waals surface area contributed by atoms with Gasteiger partial charge in [-0.3, -0.25) is 4.79 Å². The highest BCUT2D eigenvalue weighted by molar-refractivity contribution is 5.95. The number of hydrogen-bond donors (Lipinski definition) is 0. The number of anilines is 1. The zero-order chi connectivity index (χ0) is 14.7. The van der Waals surface area contributed by atoms with Gasteiger partial charge in [-0.2, -0.15) is 0 Å². The molecule has 4 heteroatoms. The Kier molecular flexibility index (Phi) is 3.86. The van der Waals surface area contributed by atoms with Crippen molar-refractivity contribution in [3.8, 4) is 5.88 Å². The number of carbonyl (C=O) groups is 1. The van der Waals surface area contributed by atoms with E-state index in [0.717, 1.165) is 24.2 Å². The molecule has 3 rings (SSSR count). The molecule has 1 aromatic heterocycles. The van der Waals surface area contributed by atoms with Crippen molar-refractivity contribution in [1.29, 1.82) is 0 Å². The quantitative estimate of drug-likeness (QED) is 0.866. The van der Waals surface area contributed by atoms with Gasteiger partial charge in [0.2, 0.25) is 11.8 Å². The molecule has 0 saturated carbocycles. The lowest BCUT2D eigenvalue weighted by atomic mass is 10.00. The van der Waals surface area contributed by atoms with Gasteiger partial charge in [0, 0.05) is 30.9 Å². The van der Waals surface area contributed by atoms with Crippen LogP contribution in [-0.4, -0.2) is 24.5 Å². The van der Waals surface area contributed by atoms with Crippen molar-refractivity contribution < 1.29 is 9.53 Å². The SMILES string of the molecule is COc1ccc(C[C@H]2CC(=O)N(c3ccccc3)C2)cn1. The highest BCUT2D eigenvalue weighted by Gasteiger charge is 2.30. The van der Waals surface area contributed by atoms with E-state index in [2.05, 4.69) is 4.98 Å². The second-order valence-corrected chi connectivity index (χ2v) is 5.32. The lowest BCUT2D eigenvalue weighted by Crippen LogP contribution is -2.24. The van der Waals surface area contributed by atoms with Crippen LogP contribution in [0.2, 0.25) is 0 Å². The summed E-state index contributed by atoms with van der Waals surface area (Å²) in [4.78, 5) is 18.3. The fraction of sp³-hybridized carbons (Fsp3) is 0.294. The summed E-state index contributed by atoms with van der Waals surface area (Å²) in [5.41, 5.74) is 2.13. The number of benzene rings is 1. The standard InChI is InChI=1S/C17H18N2O2/c1-21-16-8-7-13(11-18-16)9-14-10-17(20)19(12-14)15-5-3-2-4-6-15/h2-8,11,14H,9-10,12H2,1H3/t14-/m0/s1. The van der Waals surface area contributed by atoms with Gasteiger partial charge in [-0.25, -0.2) is 4.98 Å². The molecule has 0 unspecified atom stereocenters. The molecule has 108 valence electrons. The topological polar surface area (TPSA) is 42.4 Å². The molecular weight excluding hydrogens is 264 g/mol. The minimum absolute atomic E-state index is 0.202. The zero-order valence-corrected chi connectivity index (χ0v) is 12.0. The number of amides is 1. The van der Waals surface area contributed by atoms with Crippen molar-refractivity contribution in [3.63, 3.8) is 0 Å². The van der Waals surface area contributed by atoms with Crippen LogP contribution in [0, 0.1) is 5.92 Å². The predicted molar refractivity (Wildman–Crippen MR) is 81.4 cm³/mol. The van der Waals surface area contributed by atoms with E-state index >= 15 is 0 Å². The number of para-hydroxylation sites is 1. The summed E-state index contributed by atoms with van der Waals surface area (Å²) < 4.78 is 5.06. The minimum atomic E-state index is 0.202. The Balaban J connectivity index is 1.67. The molecule has 0 spiro atoms. The second kappa shape index (κ2) is 5.95. The van der Waals surface area contributed by atoms with Gasteiger partial charge in [-0.05, 0) is 30.0 Å². The summed E-state index contributed by atoms with van der Waals surface area (Å²) in [5, 5.41) is 0. The number of ether oxygens (including phenoxy) is 1. The highest BCUT2D eigenvalue weighted by Crippen LogP contribution is 2.27. The Hall–Kier alpha value is -2.36. The molecule has 0 aliphatic carbocycles. The summed E-state index contributed by atoms with van der Waals surface area (Å²) >= 11 is 0. The van der Waals surface area contributed by atoms with E-state index < -0.39 is 0 Å². The Morgan fingerprint density at radius 3 is 2.71 bits per heavy atom. The van der Waals surface area contributed by atoms with Crippen molar-refractivity contribution in [2.24, 2.45) is 5.92 Å². The van der Waals surface area contributed by atoms with Crippen LogP contribution in [0.3, 0.4) is 0 Å². The molecule has 1 amide bonds. The van der Waals surface area contributed by atoms with Crippen molar-refractivity contribution in [3.05, 3.63) is 54.2 Å². The van der Waals surface area contributed by atoms with Crippen molar-refractivity contribution in [1.82, 2.24) is 4.98 Å². The first-order valence-electron chi connectivity index (χ1n) is 7.10. The van der Waals surface area contributed by atoms with E-state index in [1.807, 2.05) is 53.6 Å². The Morgan fingerprint density at radius 1 is 1.24 bits per heavy atom. The maximum Gasteiger partial charge on any atom is 0.227 e. The van der Waals surface area contributed by atoms with E-state index in [9.17, 15) is 4.79 Å². The summed E-state index contributed by atoms with van der Waals surface area (Å²) in [7, 11) is 1.61. The maximum atomic E-state index is 12.2. The summed E-state index contributed by atoms with van der Waals surface area (Å²) in [6.45, 7) is 0.773. The molecule has 1 aliphatic heterocycles. The number of methoxy groups -OCH3 is 1. The molecule has 0 radical (unpaired) electrons. The first kappa shape index (κ1) is 13.6. The van der Waals surface area contributed by atoms with Gasteiger partial charge in [0.25, 0.3) is 0 Å². The molecule has 2 heterocycles. The number of hydrogen-bond acceptors (Lipinski definition) is 3. The summed E-state index contributed by atoms with van der Waals surface area (Å²) in [6.07, 6.45) is 3.29. The van der Waals surface area contributed by atoms with Gasteiger partial charge in [-0.15, -0.1) is 0 Å². The van der Waals surface area contributed by atoms with E-state index in [0.29, 0.717) is 18.2 Å². The number of rotatable bonds is 4. The third-order valence-electron chi connectivity index (χ3n) is 3.80. The lowest BCUT2D eigenvalue weighted by molar-refractivity contribution is -0.117. The molecule has 0 N–H and O–H groups in total. The molecular formula is C17H18N2O2. The molecule has 21 heavy (non-hydrogen) atoms. The van der Waals surface area contributed by atoms with Gasteiger partial charge in [-0.1, -0.05) is 24.3 Å². The van der Waals surface area contributed by atoms with Crippen molar-refractivity contribution >= 4 is 11.6 Å². The van der Waals surface area contributed by atoms with Crippen LogP contribution in [0.5, 0.6) is 5.88 Å². The lowest BCUT2D eigenvalue weighted by Gasteiger charge is -2.16. The Morgan fingerprint density at radius 2 is 2.05 bits per heavy atom. The fourth-order valence-electron chi connectivity index (χ4n) is 2.76. The molecule has 1 aliphatic rings. The van der Waals surface area contributed by atoms with Gasteiger partial charge in [0.15, 0.2) is 0 Å². The normalized spacial score (nSPS) is 18.0. The van der Waals surface area contributed by atoms with Crippen LogP contribution in [0.25, 0.3) is 0 Å². The molecule has 1 saturated heterocycles. The van der Waals surface area contributed by atoms with Crippen LogP contribution in [0.1, 0.15) is 12.0 Å². The van der Waals surface area contributed by atoms with E-state index in [-0.39, 0.29) is 5.91 Å². The largest absolute Gasteiger partial charge is 0.481 e. The van der Waals surface area contributed by atoms with Crippen LogP contribution in [0.15, 0.2) is 48.7 Å². The number of nitrogens with zero attached hydrogens (tertiary/aromatic N) is 2. The third-order valence-corrected chi connectivity index (χ3v) is 3.80. The smallest absolute Gasteiger partial charge is 0.227 e. The van der Waals surface area contributed by atoms with E-state index in [1.165, 1.54) is 0 Å². The van der Waals surface area contributed by atoms with Crippen LogP contribution < -0.4 is 9.64 Å². The van der Waals surface area contributed by atoms with Crippen molar-refractivity contribution in [2.45, 2.75) is 12.8 Å². The van der Waals surface area contributed by atoms with Crippen LogP contribution >= 0.6 is 0 Å². The molecule has 1 atom stereocenters.